The zero-order valence-corrected chi connectivity index (χ0v) is 10.4. The number of hydrogen-bond donors (Lipinski definition) is 3. The molecule has 0 bridgehead atoms. The van der Waals surface area contributed by atoms with Gasteiger partial charge in [0.25, 0.3) is 0 Å². The van der Waals surface area contributed by atoms with Crippen LogP contribution in [0.1, 0.15) is 45.4 Å². The molecule has 0 aromatic heterocycles. The lowest BCUT2D eigenvalue weighted by Gasteiger charge is -2.23. The number of carboxylic acid groups (broad SMARTS) is 1. The van der Waals surface area contributed by atoms with Gasteiger partial charge in [0.15, 0.2) is 0 Å². The molecule has 5 nitrogen and oxygen atoms in total. The van der Waals surface area contributed by atoms with E-state index in [1.165, 1.54) is 19.3 Å². The molecule has 1 rings (SSSR count). The van der Waals surface area contributed by atoms with Crippen LogP contribution in [0.4, 0.5) is 4.79 Å². The summed E-state index contributed by atoms with van der Waals surface area (Å²) in [5, 5.41) is 14.2. The van der Waals surface area contributed by atoms with Gasteiger partial charge < -0.3 is 15.7 Å². The van der Waals surface area contributed by atoms with Gasteiger partial charge in [-0.3, -0.25) is 4.79 Å². The van der Waals surface area contributed by atoms with E-state index in [2.05, 4.69) is 10.6 Å². The van der Waals surface area contributed by atoms with E-state index in [0.717, 1.165) is 12.8 Å². The Kier molecular flexibility index (Phi) is 5.80. The first-order valence-electron chi connectivity index (χ1n) is 6.34. The van der Waals surface area contributed by atoms with Crippen molar-refractivity contribution in [2.24, 2.45) is 5.92 Å². The second kappa shape index (κ2) is 7.14. The molecule has 0 spiro atoms. The Hall–Kier alpha value is -1.26. The quantitative estimate of drug-likeness (QED) is 0.687. The van der Waals surface area contributed by atoms with Gasteiger partial charge >= 0.3 is 12.0 Å². The molecule has 2 amide bonds. The fourth-order valence-corrected chi connectivity index (χ4v) is 2.12. The minimum absolute atomic E-state index is 0.0374. The summed E-state index contributed by atoms with van der Waals surface area (Å²) >= 11 is 0. The van der Waals surface area contributed by atoms with Crippen molar-refractivity contribution in [3.8, 4) is 0 Å². The van der Waals surface area contributed by atoms with Gasteiger partial charge in [0.2, 0.25) is 0 Å². The molecule has 1 unspecified atom stereocenters. The third kappa shape index (κ3) is 6.14. The van der Waals surface area contributed by atoms with Crippen molar-refractivity contribution < 1.29 is 14.7 Å². The Balaban J connectivity index is 2.13. The Morgan fingerprint density at radius 1 is 1.29 bits per heavy atom. The lowest BCUT2D eigenvalue weighted by atomic mass is 9.96. The van der Waals surface area contributed by atoms with Gasteiger partial charge in [-0.25, -0.2) is 4.79 Å². The highest BCUT2D eigenvalue weighted by molar-refractivity contribution is 5.74. The third-order valence-corrected chi connectivity index (χ3v) is 3.07. The molecule has 1 atom stereocenters. The maximum absolute atomic E-state index is 11.5. The van der Waals surface area contributed by atoms with Crippen LogP contribution in [-0.2, 0) is 4.79 Å². The van der Waals surface area contributed by atoms with E-state index >= 15 is 0 Å². The predicted octanol–water partition coefficient (Wildman–Crippen LogP) is 1.73. The fraction of sp³-hybridized carbons (Fsp3) is 0.833. The lowest BCUT2D eigenvalue weighted by molar-refractivity contribution is -0.137. The number of rotatable bonds is 5. The molecule has 17 heavy (non-hydrogen) atoms. The van der Waals surface area contributed by atoms with Gasteiger partial charge in [0.1, 0.15) is 0 Å². The highest BCUT2D eigenvalue weighted by Gasteiger charge is 2.16. The van der Waals surface area contributed by atoms with Crippen molar-refractivity contribution in [2.45, 2.75) is 51.5 Å². The minimum atomic E-state index is -0.827. The number of amides is 2. The molecule has 98 valence electrons. The summed E-state index contributed by atoms with van der Waals surface area (Å²) in [6.07, 6.45) is 5.82. The second-order valence-electron chi connectivity index (χ2n) is 4.89. The molecule has 1 fully saturated rings. The van der Waals surface area contributed by atoms with Crippen molar-refractivity contribution in [2.75, 3.05) is 6.54 Å². The topological polar surface area (TPSA) is 78.4 Å². The van der Waals surface area contributed by atoms with Gasteiger partial charge in [-0.15, -0.1) is 0 Å². The SMILES string of the molecule is CC(CNC(=O)NC1CCCCC1)CC(=O)O. The minimum Gasteiger partial charge on any atom is -0.481 e. The summed E-state index contributed by atoms with van der Waals surface area (Å²) in [7, 11) is 0. The molecule has 0 aliphatic heterocycles. The van der Waals surface area contributed by atoms with Gasteiger partial charge in [-0.1, -0.05) is 26.2 Å². The number of carbonyl (C=O) groups is 2. The largest absolute Gasteiger partial charge is 0.481 e. The molecule has 1 aliphatic rings. The maximum atomic E-state index is 11.5. The Labute approximate surface area is 102 Å². The van der Waals surface area contributed by atoms with E-state index in [0.29, 0.717) is 12.6 Å². The van der Waals surface area contributed by atoms with Crippen LogP contribution in [0.5, 0.6) is 0 Å². The van der Waals surface area contributed by atoms with Gasteiger partial charge in [-0.2, -0.15) is 0 Å². The van der Waals surface area contributed by atoms with Crippen molar-refractivity contribution in [3.05, 3.63) is 0 Å². The molecule has 1 aliphatic carbocycles. The zero-order chi connectivity index (χ0) is 12.7. The van der Waals surface area contributed by atoms with Gasteiger partial charge in [0.05, 0.1) is 0 Å². The summed E-state index contributed by atoms with van der Waals surface area (Å²) in [6, 6.07) is 0.118. The van der Waals surface area contributed by atoms with E-state index in [1.807, 2.05) is 6.92 Å². The van der Waals surface area contributed by atoms with E-state index in [1.54, 1.807) is 0 Å². The van der Waals surface area contributed by atoms with Crippen LogP contribution in [0.2, 0.25) is 0 Å². The second-order valence-corrected chi connectivity index (χ2v) is 4.89. The molecule has 0 saturated heterocycles. The molecule has 0 aromatic rings. The van der Waals surface area contributed by atoms with E-state index in [-0.39, 0.29) is 18.4 Å². The van der Waals surface area contributed by atoms with Crippen LogP contribution in [-0.4, -0.2) is 29.7 Å². The standard InChI is InChI=1S/C12H22N2O3/c1-9(7-11(15)16)8-13-12(17)14-10-5-3-2-4-6-10/h9-10H,2-8H2,1H3,(H,15,16)(H2,13,14,17). The van der Waals surface area contributed by atoms with Crippen molar-refractivity contribution >= 4 is 12.0 Å². The summed E-state index contributed by atoms with van der Waals surface area (Å²) in [5.74, 6) is -0.864. The molecule has 0 aromatic carbocycles. The number of carbonyl (C=O) groups excluding carboxylic acids is 1. The third-order valence-electron chi connectivity index (χ3n) is 3.07. The number of carboxylic acids is 1. The fourth-order valence-electron chi connectivity index (χ4n) is 2.12. The number of aliphatic carboxylic acids is 1. The number of nitrogens with one attached hydrogen (secondary N) is 2. The molecular weight excluding hydrogens is 220 g/mol. The average Bonchev–Trinajstić information content (AvgIpc) is 2.27. The number of urea groups is 1. The van der Waals surface area contributed by atoms with Crippen LogP contribution in [0, 0.1) is 5.92 Å². The maximum Gasteiger partial charge on any atom is 0.315 e. The Bertz CT molecular complexity index is 262. The van der Waals surface area contributed by atoms with Crippen LogP contribution < -0.4 is 10.6 Å². The van der Waals surface area contributed by atoms with E-state index < -0.39 is 5.97 Å². The Morgan fingerprint density at radius 3 is 2.53 bits per heavy atom. The molecular formula is C12H22N2O3. The number of hydrogen-bond acceptors (Lipinski definition) is 2. The first-order chi connectivity index (χ1) is 8.08. The highest BCUT2D eigenvalue weighted by atomic mass is 16.4. The molecule has 0 radical (unpaired) electrons. The summed E-state index contributed by atoms with van der Waals surface area (Å²) < 4.78 is 0. The zero-order valence-electron chi connectivity index (χ0n) is 10.4. The normalized spacial score (nSPS) is 18.4. The highest BCUT2D eigenvalue weighted by Crippen LogP contribution is 2.17. The van der Waals surface area contributed by atoms with E-state index in [9.17, 15) is 9.59 Å². The van der Waals surface area contributed by atoms with E-state index in [4.69, 9.17) is 5.11 Å². The van der Waals surface area contributed by atoms with Gasteiger partial charge in [0, 0.05) is 19.0 Å². The molecule has 3 N–H and O–H groups in total. The molecule has 0 heterocycles. The van der Waals surface area contributed by atoms with Gasteiger partial charge in [-0.05, 0) is 18.8 Å². The lowest BCUT2D eigenvalue weighted by Crippen LogP contribution is -2.44. The first kappa shape index (κ1) is 13.8. The molecule has 1 saturated carbocycles. The smallest absolute Gasteiger partial charge is 0.315 e. The van der Waals surface area contributed by atoms with Crippen molar-refractivity contribution in [1.29, 1.82) is 0 Å². The van der Waals surface area contributed by atoms with Crippen LogP contribution in [0.15, 0.2) is 0 Å². The van der Waals surface area contributed by atoms with Crippen LogP contribution >= 0.6 is 0 Å². The van der Waals surface area contributed by atoms with Crippen LogP contribution in [0.25, 0.3) is 0 Å². The summed E-state index contributed by atoms with van der Waals surface area (Å²) in [6.45, 7) is 2.22. The molecule has 5 heteroatoms. The monoisotopic (exact) mass is 242 g/mol. The average molecular weight is 242 g/mol. The summed E-state index contributed by atoms with van der Waals surface area (Å²) in [5.41, 5.74) is 0. The van der Waals surface area contributed by atoms with Crippen molar-refractivity contribution in [1.82, 2.24) is 10.6 Å². The Morgan fingerprint density at radius 2 is 1.94 bits per heavy atom. The van der Waals surface area contributed by atoms with Crippen molar-refractivity contribution in [3.63, 3.8) is 0 Å². The van der Waals surface area contributed by atoms with Crippen LogP contribution in [0.3, 0.4) is 0 Å². The first-order valence-corrected chi connectivity index (χ1v) is 6.34. The summed E-state index contributed by atoms with van der Waals surface area (Å²) in [4.78, 5) is 22.0. The predicted molar refractivity (Wildman–Crippen MR) is 64.8 cm³/mol.